The summed E-state index contributed by atoms with van der Waals surface area (Å²) >= 11 is 6.10. The molecule has 0 aliphatic carbocycles. The van der Waals surface area contributed by atoms with Crippen LogP contribution in [0.5, 0.6) is 0 Å². The lowest BCUT2D eigenvalue weighted by Gasteiger charge is -2.33. The Morgan fingerprint density at radius 1 is 1.29 bits per heavy atom. The summed E-state index contributed by atoms with van der Waals surface area (Å²) in [6.45, 7) is 11.3. The first-order valence-electron chi connectivity index (χ1n) is 7.34. The molecule has 1 unspecified atom stereocenters. The van der Waals surface area contributed by atoms with Gasteiger partial charge in [0, 0.05) is 18.3 Å². The van der Waals surface area contributed by atoms with E-state index in [-0.39, 0.29) is 11.9 Å². The molecule has 1 aromatic carbocycles. The summed E-state index contributed by atoms with van der Waals surface area (Å²) in [5.74, 6) is 0.443. The molecule has 3 N–H and O–H groups in total. The minimum Gasteiger partial charge on any atom is -0.399 e. The molecule has 0 heterocycles. The highest BCUT2D eigenvalue weighted by atomic mass is 35.5. The van der Waals surface area contributed by atoms with Crippen LogP contribution in [0, 0.1) is 5.92 Å². The number of amides is 1. The van der Waals surface area contributed by atoms with E-state index in [2.05, 4.69) is 37.9 Å². The van der Waals surface area contributed by atoms with E-state index in [1.54, 1.807) is 18.2 Å². The van der Waals surface area contributed by atoms with Crippen LogP contribution >= 0.6 is 11.6 Å². The number of nitrogens with zero attached hydrogens (tertiary/aromatic N) is 1. The van der Waals surface area contributed by atoms with Crippen molar-refractivity contribution >= 4 is 28.9 Å². The molecule has 1 atom stereocenters. The summed E-state index contributed by atoms with van der Waals surface area (Å²) in [5, 5.41) is 3.33. The number of halogens is 1. The predicted molar refractivity (Wildman–Crippen MR) is 90.6 cm³/mol. The lowest BCUT2D eigenvalue weighted by Crippen LogP contribution is -2.47. The monoisotopic (exact) mass is 311 g/mol. The van der Waals surface area contributed by atoms with Gasteiger partial charge in [-0.1, -0.05) is 25.4 Å². The van der Waals surface area contributed by atoms with Crippen LogP contribution in [0.1, 0.15) is 34.6 Å². The van der Waals surface area contributed by atoms with Crippen LogP contribution in [-0.4, -0.2) is 29.4 Å². The Balaban J connectivity index is 2.81. The molecule has 0 saturated heterocycles. The van der Waals surface area contributed by atoms with Crippen LogP contribution in [-0.2, 0) is 4.79 Å². The second-order valence-electron chi connectivity index (χ2n) is 6.09. The van der Waals surface area contributed by atoms with Gasteiger partial charge in [-0.15, -0.1) is 0 Å². The van der Waals surface area contributed by atoms with Gasteiger partial charge in [-0.25, -0.2) is 0 Å². The van der Waals surface area contributed by atoms with Crippen molar-refractivity contribution in [3.8, 4) is 0 Å². The Bertz CT molecular complexity index is 488. The van der Waals surface area contributed by atoms with E-state index in [0.717, 1.165) is 6.54 Å². The third-order valence-corrected chi connectivity index (χ3v) is 3.68. The van der Waals surface area contributed by atoms with Crippen molar-refractivity contribution in [3.63, 3.8) is 0 Å². The summed E-state index contributed by atoms with van der Waals surface area (Å²) in [6, 6.07) is 5.16. The first-order chi connectivity index (χ1) is 9.72. The maximum absolute atomic E-state index is 12.4. The molecule has 1 amide bonds. The molecule has 0 saturated carbocycles. The number of nitrogens with one attached hydrogen (secondary N) is 1. The highest BCUT2D eigenvalue weighted by Crippen LogP contribution is 2.24. The summed E-state index contributed by atoms with van der Waals surface area (Å²) in [5.41, 5.74) is 6.83. The molecule has 1 aromatic rings. The second-order valence-corrected chi connectivity index (χ2v) is 6.50. The lowest BCUT2D eigenvalue weighted by atomic mass is 10.1. The van der Waals surface area contributed by atoms with Crippen LogP contribution < -0.4 is 11.1 Å². The highest BCUT2D eigenvalue weighted by molar-refractivity contribution is 6.34. The van der Waals surface area contributed by atoms with E-state index in [1.165, 1.54) is 0 Å². The third kappa shape index (κ3) is 5.21. The molecular weight excluding hydrogens is 286 g/mol. The largest absolute Gasteiger partial charge is 0.399 e. The van der Waals surface area contributed by atoms with E-state index in [4.69, 9.17) is 17.3 Å². The van der Waals surface area contributed by atoms with Gasteiger partial charge in [-0.05, 0) is 44.9 Å². The quantitative estimate of drug-likeness (QED) is 0.789. The van der Waals surface area contributed by atoms with Crippen molar-refractivity contribution in [2.75, 3.05) is 17.6 Å². The molecule has 21 heavy (non-hydrogen) atoms. The number of nitrogen functional groups attached to an aromatic ring is 1. The Hall–Kier alpha value is -1.26. The van der Waals surface area contributed by atoms with Crippen LogP contribution in [0.15, 0.2) is 18.2 Å². The van der Waals surface area contributed by atoms with Gasteiger partial charge in [0.05, 0.1) is 16.8 Å². The zero-order valence-corrected chi connectivity index (χ0v) is 14.2. The van der Waals surface area contributed by atoms with Crippen molar-refractivity contribution in [3.05, 3.63) is 23.2 Å². The van der Waals surface area contributed by atoms with E-state index in [0.29, 0.717) is 28.4 Å². The number of rotatable bonds is 6. The van der Waals surface area contributed by atoms with Gasteiger partial charge in [0.2, 0.25) is 5.91 Å². The zero-order valence-electron chi connectivity index (χ0n) is 13.5. The molecule has 4 nitrogen and oxygen atoms in total. The van der Waals surface area contributed by atoms with Gasteiger partial charge in [0.1, 0.15) is 0 Å². The van der Waals surface area contributed by atoms with Crippen molar-refractivity contribution in [2.24, 2.45) is 5.92 Å². The lowest BCUT2D eigenvalue weighted by molar-refractivity contribution is -0.121. The van der Waals surface area contributed by atoms with Crippen LogP contribution in [0.4, 0.5) is 11.4 Å². The molecular formula is C16H26ClN3O. The van der Waals surface area contributed by atoms with Gasteiger partial charge in [0.25, 0.3) is 0 Å². The molecule has 0 spiro atoms. The topological polar surface area (TPSA) is 58.4 Å². The average Bonchev–Trinajstić information content (AvgIpc) is 2.37. The summed E-state index contributed by atoms with van der Waals surface area (Å²) in [7, 11) is 0. The van der Waals surface area contributed by atoms with Crippen LogP contribution in [0.25, 0.3) is 0 Å². The van der Waals surface area contributed by atoms with E-state index in [1.807, 2.05) is 6.92 Å². The fraction of sp³-hybridized carbons (Fsp3) is 0.562. The minimum atomic E-state index is -0.221. The molecule has 0 bridgehead atoms. The van der Waals surface area contributed by atoms with Gasteiger partial charge in [-0.2, -0.15) is 0 Å². The van der Waals surface area contributed by atoms with Crippen molar-refractivity contribution < 1.29 is 4.79 Å². The van der Waals surface area contributed by atoms with Gasteiger partial charge < -0.3 is 11.1 Å². The molecule has 118 valence electrons. The molecule has 0 fully saturated rings. The minimum absolute atomic E-state index is 0.0592. The molecule has 0 aliphatic rings. The number of hydrogen-bond acceptors (Lipinski definition) is 3. The van der Waals surface area contributed by atoms with Gasteiger partial charge >= 0.3 is 0 Å². The Morgan fingerprint density at radius 3 is 2.38 bits per heavy atom. The Morgan fingerprint density at radius 2 is 1.90 bits per heavy atom. The number of carbonyl (C=O) groups is 1. The average molecular weight is 312 g/mol. The highest BCUT2D eigenvalue weighted by Gasteiger charge is 2.24. The summed E-state index contributed by atoms with van der Waals surface area (Å²) < 4.78 is 0. The summed E-state index contributed by atoms with van der Waals surface area (Å²) in [4.78, 5) is 14.6. The van der Waals surface area contributed by atoms with E-state index < -0.39 is 0 Å². The number of anilines is 2. The van der Waals surface area contributed by atoms with Crippen molar-refractivity contribution in [2.45, 2.75) is 46.7 Å². The fourth-order valence-corrected chi connectivity index (χ4v) is 2.49. The maximum atomic E-state index is 12.4. The smallest absolute Gasteiger partial charge is 0.241 e. The molecule has 0 aliphatic heterocycles. The Kier molecular flexibility index (Phi) is 6.49. The molecule has 1 rings (SSSR count). The number of hydrogen-bond donors (Lipinski definition) is 2. The van der Waals surface area contributed by atoms with Crippen LogP contribution in [0.2, 0.25) is 5.02 Å². The maximum Gasteiger partial charge on any atom is 0.241 e. The summed E-state index contributed by atoms with van der Waals surface area (Å²) in [6.07, 6.45) is 0. The van der Waals surface area contributed by atoms with E-state index >= 15 is 0 Å². The normalized spacial score (nSPS) is 13.0. The number of carbonyl (C=O) groups excluding carboxylic acids is 1. The fourth-order valence-electron chi connectivity index (χ4n) is 2.26. The first kappa shape index (κ1) is 17.8. The molecule has 0 aromatic heterocycles. The van der Waals surface area contributed by atoms with E-state index in [9.17, 15) is 4.79 Å². The first-order valence-corrected chi connectivity index (χ1v) is 7.71. The molecule has 5 heteroatoms. The van der Waals surface area contributed by atoms with Crippen molar-refractivity contribution in [1.29, 1.82) is 0 Å². The SMILES string of the molecule is CC(C)CN(C(C)C)C(C)C(=O)Nc1ccc(N)cc1Cl. The van der Waals surface area contributed by atoms with Gasteiger partial charge in [0.15, 0.2) is 0 Å². The van der Waals surface area contributed by atoms with Gasteiger partial charge in [-0.3, -0.25) is 9.69 Å². The van der Waals surface area contributed by atoms with Crippen molar-refractivity contribution in [1.82, 2.24) is 4.90 Å². The Labute approximate surface area is 132 Å². The zero-order chi connectivity index (χ0) is 16.2. The standard InChI is InChI=1S/C16H26ClN3O/c1-10(2)9-20(11(3)4)12(5)16(21)19-15-7-6-13(18)8-14(15)17/h6-8,10-12H,9,18H2,1-5H3,(H,19,21). The number of benzene rings is 1. The second kappa shape index (κ2) is 7.66. The third-order valence-electron chi connectivity index (χ3n) is 3.37. The molecule has 0 radical (unpaired) electrons. The predicted octanol–water partition coefficient (Wildman–Crippen LogP) is 3.62. The number of nitrogens with two attached hydrogens (primary N) is 1. The van der Waals surface area contributed by atoms with Crippen LogP contribution in [0.3, 0.4) is 0 Å².